The van der Waals surface area contributed by atoms with Crippen LogP contribution in [0.15, 0.2) is 43.0 Å². The number of pyridine rings is 1. The monoisotopic (exact) mass is 239 g/mol. The maximum atomic E-state index is 6.16. The van der Waals surface area contributed by atoms with Crippen LogP contribution in [0.2, 0.25) is 0 Å². The van der Waals surface area contributed by atoms with E-state index in [1.165, 1.54) is 0 Å². The van der Waals surface area contributed by atoms with E-state index in [0.717, 1.165) is 27.8 Å². The summed E-state index contributed by atoms with van der Waals surface area (Å²) >= 11 is 0. The maximum Gasteiger partial charge on any atom is 0.0770 e. The largest absolute Gasteiger partial charge is 0.397 e. The van der Waals surface area contributed by atoms with Gasteiger partial charge in [-0.1, -0.05) is 6.07 Å². The molecule has 0 saturated heterocycles. The minimum absolute atomic E-state index is 0.721. The zero-order chi connectivity index (χ0) is 12.5. The SMILES string of the molecule is Cn1cc(Nc2ccc3cnccc3c2N)cn1. The van der Waals surface area contributed by atoms with Crippen LogP contribution in [-0.2, 0) is 7.05 Å². The number of anilines is 3. The Kier molecular flexibility index (Phi) is 2.37. The molecule has 0 aliphatic heterocycles. The van der Waals surface area contributed by atoms with Crippen molar-refractivity contribution in [3.8, 4) is 0 Å². The molecule has 3 rings (SSSR count). The summed E-state index contributed by atoms with van der Waals surface area (Å²) in [4.78, 5) is 4.08. The summed E-state index contributed by atoms with van der Waals surface area (Å²) in [6, 6.07) is 5.86. The molecule has 0 saturated carbocycles. The van der Waals surface area contributed by atoms with Gasteiger partial charge in [0, 0.05) is 36.4 Å². The molecular formula is C13H13N5. The number of rotatable bonds is 2. The Morgan fingerprint density at radius 3 is 2.89 bits per heavy atom. The molecule has 0 spiro atoms. The van der Waals surface area contributed by atoms with Gasteiger partial charge in [-0.15, -0.1) is 0 Å². The van der Waals surface area contributed by atoms with Crippen LogP contribution in [-0.4, -0.2) is 14.8 Å². The second kappa shape index (κ2) is 4.03. The predicted molar refractivity (Wildman–Crippen MR) is 72.6 cm³/mol. The zero-order valence-corrected chi connectivity index (χ0v) is 9.96. The van der Waals surface area contributed by atoms with Gasteiger partial charge >= 0.3 is 0 Å². The lowest BCUT2D eigenvalue weighted by molar-refractivity contribution is 0.768. The lowest BCUT2D eigenvalue weighted by atomic mass is 10.1. The quantitative estimate of drug-likeness (QED) is 0.673. The highest BCUT2D eigenvalue weighted by Crippen LogP contribution is 2.30. The van der Waals surface area contributed by atoms with Crippen LogP contribution in [0.4, 0.5) is 17.1 Å². The number of aryl methyl sites for hydroxylation is 1. The van der Waals surface area contributed by atoms with Gasteiger partial charge < -0.3 is 11.1 Å². The molecular weight excluding hydrogens is 226 g/mol. The fourth-order valence-electron chi connectivity index (χ4n) is 1.94. The van der Waals surface area contributed by atoms with Gasteiger partial charge in [0.15, 0.2) is 0 Å². The van der Waals surface area contributed by atoms with Crippen molar-refractivity contribution in [1.29, 1.82) is 0 Å². The minimum Gasteiger partial charge on any atom is -0.397 e. The molecule has 2 heterocycles. The van der Waals surface area contributed by atoms with E-state index in [4.69, 9.17) is 5.73 Å². The van der Waals surface area contributed by atoms with Gasteiger partial charge in [-0.25, -0.2) is 0 Å². The predicted octanol–water partition coefficient (Wildman–Crippen LogP) is 2.29. The van der Waals surface area contributed by atoms with E-state index in [1.807, 2.05) is 31.4 Å². The normalized spacial score (nSPS) is 10.7. The highest BCUT2D eigenvalue weighted by atomic mass is 15.3. The number of benzene rings is 1. The first-order chi connectivity index (χ1) is 8.74. The van der Waals surface area contributed by atoms with Gasteiger partial charge in [0.2, 0.25) is 0 Å². The summed E-state index contributed by atoms with van der Waals surface area (Å²) in [6.45, 7) is 0. The first kappa shape index (κ1) is 10.6. The molecule has 0 atom stereocenters. The second-order valence-corrected chi connectivity index (χ2v) is 4.15. The lowest BCUT2D eigenvalue weighted by Crippen LogP contribution is -1.96. The Balaban J connectivity index is 2.04. The Morgan fingerprint density at radius 2 is 2.11 bits per heavy atom. The van der Waals surface area contributed by atoms with Crippen molar-refractivity contribution < 1.29 is 0 Å². The summed E-state index contributed by atoms with van der Waals surface area (Å²) in [5, 5.41) is 9.40. The summed E-state index contributed by atoms with van der Waals surface area (Å²) in [7, 11) is 1.88. The molecule has 2 aromatic heterocycles. The number of fused-ring (bicyclic) bond motifs is 1. The van der Waals surface area contributed by atoms with Crippen molar-refractivity contribution >= 4 is 27.8 Å². The van der Waals surface area contributed by atoms with E-state index >= 15 is 0 Å². The van der Waals surface area contributed by atoms with E-state index in [0.29, 0.717) is 0 Å². The summed E-state index contributed by atoms with van der Waals surface area (Å²) in [5.41, 5.74) is 8.67. The third-order valence-corrected chi connectivity index (χ3v) is 2.85. The number of nitrogens with two attached hydrogens (primary N) is 1. The molecule has 0 aliphatic carbocycles. The Hall–Kier alpha value is -2.56. The average Bonchev–Trinajstić information content (AvgIpc) is 2.79. The van der Waals surface area contributed by atoms with Crippen molar-refractivity contribution in [3.63, 3.8) is 0 Å². The van der Waals surface area contributed by atoms with Crippen molar-refractivity contribution in [1.82, 2.24) is 14.8 Å². The molecule has 90 valence electrons. The Bertz CT molecular complexity index is 701. The van der Waals surface area contributed by atoms with Crippen molar-refractivity contribution in [2.45, 2.75) is 0 Å². The number of aromatic nitrogens is 3. The molecule has 0 bridgehead atoms. The number of hydrogen-bond acceptors (Lipinski definition) is 4. The molecule has 5 nitrogen and oxygen atoms in total. The third kappa shape index (κ3) is 1.75. The molecule has 0 fully saturated rings. The van der Waals surface area contributed by atoms with Crippen molar-refractivity contribution in [2.24, 2.45) is 7.05 Å². The maximum absolute atomic E-state index is 6.16. The first-order valence-corrected chi connectivity index (χ1v) is 5.62. The van der Waals surface area contributed by atoms with Crippen LogP contribution >= 0.6 is 0 Å². The number of nitrogens with one attached hydrogen (secondary N) is 1. The van der Waals surface area contributed by atoms with Crippen LogP contribution in [0.1, 0.15) is 0 Å². The Morgan fingerprint density at radius 1 is 1.22 bits per heavy atom. The van der Waals surface area contributed by atoms with Crippen LogP contribution in [0.3, 0.4) is 0 Å². The molecule has 0 amide bonds. The van der Waals surface area contributed by atoms with E-state index in [1.54, 1.807) is 23.3 Å². The van der Waals surface area contributed by atoms with Crippen LogP contribution in [0, 0.1) is 0 Å². The standard InChI is InChI=1S/C13H13N5/c1-18-8-10(7-16-18)17-12-3-2-9-6-15-5-4-11(9)13(12)14/h2-8,17H,14H2,1H3. The number of nitrogens with zero attached hydrogens (tertiary/aromatic N) is 3. The third-order valence-electron chi connectivity index (χ3n) is 2.85. The highest BCUT2D eigenvalue weighted by Gasteiger charge is 2.05. The van der Waals surface area contributed by atoms with Gasteiger partial charge in [-0.05, 0) is 12.1 Å². The van der Waals surface area contributed by atoms with E-state index in [-0.39, 0.29) is 0 Å². The smallest absolute Gasteiger partial charge is 0.0770 e. The van der Waals surface area contributed by atoms with E-state index in [2.05, 4.69) is 15.4 Å². The summed E-state index contributed by atoms with van der Waals surface area (Å²) in [6.07, 6.45) is 7.21. The first-order valence-electron chi connectivity index (χ1n) is 5.62. The van der Waals surface area contributed by atoms with Gasteiger partial charge in [-0.3, -0.25) is 9.67 Å². The van der Waals surface area contributed by atoms with Gasteiger partial charge in [0.1, 0.15) is 0 Å². The highest BCUT2D eigenvalue weighted by molar-refractivity contribution is 5.99. The van der Waals surface area contributed by atoms with E-state index in [9.17, 15) is 0 Å². The minimum atomic E-state index is 0.721. The molecule has 0 aliphatic rings. The van der Waals surface area contributed by atoms with Crippen molar-refractivity contribution in [3.05, 3.63) is 43.0 Å². The molecule has 1 aromatic carbocycles. The molecule has 3 aromatic rings. The molecule has 5 heteroatoms. The van der Waals surface area contributed by atoms with Crippen LogP contribution in [0.25, 0.3) is 10.8 Å². The van der Waals surface area contributed by atoms with Gasteiger partial charge in [0.25, 0.3) is 0 Å². The molecule has 3 N–H and O–H groups in total. The van der Waals surface area contributed by atoms with Crippen LogP contribution < -0.4 is 11.1 Å². The van der Waals surface area contributed by atoms with E-state index < -0.39 is 0 Å². The second-order valence-electron chi connectivity index (χ2n) is 4.15. The van der Waals surface area contributed by atoms with Crippen molar-refractivity contribution in [2.75, 3.05) is 11.1 Å². The summed E-state index contributed by atoms with van der Waals surface area (Å²) < 4.78 is 1.74. The molecule has 0 radical (unpaired) electrons. The number of nitrogen functional groups attached to an aromatic ring is 1. The van der Waals surface area contributed by atoms with Crippen LogP contribution in [0.5, 0.6) is 0 Å². The Labute approximate surface area is 104 Å². The van der Waals surface area contributed by atoms with Gasteiger partial charge in [-0.2, -0.15) is 5.10 Å². The lowest BCUT2D eigenvalue weighted by Gasteiger charge is -2.09. The fourth-order valence-corrected chi connectivity index (χ4v) is 1.94. The molecule has 18 heavy (non-hydrogen) atoms. The average molecular weight is 239 g/mol. The number of hydrogen-bond donors (Lipinski definition) is 2. The molecule has 0 unspecified atom stereocenters. The summed E-state index contributed by atoms with van der Waals surface area (Å²) in [5.74, 6) is 0. The zero-order valence-electron chi connectivity index (χ0n) is 9.96. The van der Waals surface area contributed by atoms with Gasteiger partial charge in [0.05, 0.1) is 23.3 Å². The topological polar surface area (TPSA) is 68.8 Å². The fraction of sp³-hybridized carbons (Fsp3) is 0.0769.